The number of aromatic nitrogens is 1. The van der Waals surface area contributed by atoms with Gasteiger partial charge in [-0.15, -0.1) is 11.3 Å². The van der Waals surface area contributed by atoms with Crippen molar-refractivity contribution in [3.05, 3.63) is 51.7 Å². The fraction of sp³-hybridized carbons (Fsp3) is 0.0714. The molecule has 2 aromatic rings. The van der Waals surface area contributed by atoms with E-state index in [1.54, 1.807) is 24.4 Å². The van der Waals surface area contributed by atoms with Crippen LogP contribution in [0.4, 0.5) is 4.39 Å². The van der Waals surface area contributed by atoms with Crippen molar-refractivity contribution in [2.75, 3.05) is 7.11 Å². The van der Waals surface area contributed by atoms with Crippen molar-refractivity contribution in [3.8, 4) is 5.88 Å². The average Bonchev–Trinajstić information content (AvgIpc) is 3.07. The molecule has 0 unspecified atom stereocenters. The van der Waals surface area contributed by atoms with Gasteiger partial charge in [0, 0.05) is 12.3 Å². The molecule has 0 radical (unpaired) electrons. The molecule has 0 aromatic carbocycles. The van der Waals surface area contributed by atoms with Crippen LogP contribution in [0.25, 0.3) is 6.08 Å². The summed E-state index contributed by atoms with van der Waals surface area (Å²) in [5.74, 6) is 0.0145. The van der Waals surface area contributed by atoms with Gasteiger partial charge in [0.25, 0.3) is 0 Å². The molecule has 0 aliphatic carbocycles. The second kappa shape index (κ2) is 5.45. The van der Waals surface area contributed by atoms with E-state index in [9.17, 15) is 9.18 Å². The third-order valence-corrected chi connectivity index (χ3v) is 3.54. The van der Waals surface area contributed by atoms with Gasteiger partial charge in [-0.2, -0.15) is 4.39 Å². The summed E-state index contributed by atoms with van der Waals surface area (Å²) in [7, 11) is 1.52. The summed E-state index contributed by atoms with van der Waals surface area (Å²) in [6.07, 6.45) is 3.10. The SMILES string of the molecule is COc1ccc(/C=C2\N=C(c3ccc(F)s3)OC2=O)cn1. The number of halogens is 1. The Morgan fingerprint density at radius 2 is 2.19 bits per heavy atom. The van der Waals surface area contributed by atoms with Crippen molar-refractivity contribution in [1.82, 2.24) is 4.98 Å². The first-order valence-electron chi connectivity index (χ1n) is 5.94. The number of carbonyl (C=O) groups is 1. The summed E-state index contributed by atoms with van der Waals surface area (Å²) in [6.45, 7) is 0. The van der Waals surface area contributed by atoms with Gasteiger partial charge in [-0.3, -0.25) is 0 Å². The highest BCUT2D eigenvalue weighted by Crippen LogP contribution is 2.23. The minimum atomic E-state index is -0.574. The molecule has 7 heteroatoms. The van der Waals surface area contributed by atoms with Gasteiger partial charge in [0.2, 0.25) is 11.8 Å². The number of carbonyl (C=O) groups excluding carboxylic acids is 1. The molecule has 0 atom stereocenters. The summed E-state index contributed by atoms with van der Waals surface area (Å²) in [5.41, 5.74) is 0.830. The van der Waals surface area contributed by atoms with Crippen molar-refractivity contribution in [1.29, 1.82) is 0 Å². The fourth-order valence-electron chi connectivity index (χ4n) is 1.70. The monoisotopic (exact) mass is 304 g/mol. The first-order chi connectivity index (χ1) is 10.2. The molecule has 0 N–H and O–H groups in total. The predicted molar refractivity (Wildman–Crippen MR) is 75.7 cm³/mol. The standard InChI is InChI=1S/C14H9FN2O3S/c1-19-12-5-2-8(7-16-12)6-9-14(18)20-13(17-9)10-3-4-11(15)21-10/h2-7H,1H3/b9-6-. The second-order valence-electron chi connectivity index (χ2n) is 4.07. The van der Waals surface area contributed by atoms with Gasteiger partial charge in [0.05, 0.1) is 12.0 Å². The van der Waals surface area contributed by atoms with Gasteiger partial charge in [0.15, 0.2) is 10.8 Å². The Kier molecular flexibility index (Phi) is 3.49. The van der Waals surface area contributed by atoms with Crippen LogP contribution in [0, 0.1) is 5.13 Å². The minimum absolute atomic E-state index is 0.113. The van der Waals surface area contributed by atoms with Crippen molar-refractivity contribution in [2.45, 2.75) is 0 Å². The number of ether oxygens (including phenoxy) is 2. The number of rotatable bonds is 3. The van der Waals surface area contributed by atoms with Crippen molar-refractivity contribution in [2.24, 2.45) is 4.99 Å². The molecule has 0 fully saturated rings. The molecule has 0 saturated heterocycles. The van der Waals surface area contributed by atoms with Crippen LogP contribution in [0.15, 0.2) is 41.2 Å². The van der Waals surface area contributed by atoms with Crippen LogP contribution in [0.5, 0.6) is 5.88 Å². The molecule has 1 aliphatic rings. The molecule has 5 nitrogen and oxygen atoms in total. The fourth-order valence-corrected chi connectivity index (χ4v) is 2.36. The Hall–Kier alpha value is -2.54. The lowest BCUT2D eigenvalue weighted by atomic mass is 10.2. The van der Waals surface area contributed by atoms with Crippen LogP contribution in [0.1, 0.15) is 10.4 Å². The van der Waals surface area contributed by atoms with Crippen LogP contribution < -0.4 is 4.74 Å². The Morgan fingerprint density at radius 1 is 1.33 bits per heavy atom. The Labute approximate surface area is 123 Å². The third-order valence-electron chi connectivity index (χ3n) is 2.68. The van der Waals surface area contributed by atoms with Gasteiger partial charge in [-0.25, -0.2) is 14.8 Å². The molecule has 0 bridgehead atoms. The number of esters is 1. The number of hydrogen-bond donors (Lipinski definition) is 0. The normalized spacial score (nSPS) is 16.0. The topological polar surface area (TPSA) is 60.8 Å². The number of cyclic esters (lactones) is 1. The second-order valence-corrected chi connectivity index (χ2v) is 5.11. The van der Waals surface area contributed by atoms with Crippen molar-refractivity contribution in [3.63, 3.8) is 0 Å². The molecule has 2 aromatic heterocycles. The molecule has 3 heterocycles. The van der Waals surface area contributed by atoms with Gasteiger partial charge in [0.1, 0.15) is 0 Å². The smallest absolute Gasteiger partial charge is 0.363 e. The summed E-state index contributed by atoms with van der Waals surface area (Å²) >= 11 is 0.870. The minimum Gasteiger partial charge on any atom is -0.481 e. The molecule has 0 spiro atoms. The zero-order chi connectivity index (χ0) is 14.8. The highest BCUT2D eigenvalue weighted by atomic mass is 32.1. The van der Waals surface area contributed by atoms with E-state index in [4.69, 9.17) is 9.47 Å². The number of thiophene rings is 1. The maximum Gasteiger partial charge on any atom is 0.363 e. The molecule has 1 aliphatic heterocycles. The van der Waals surface area contributed by atoms with Gasteiger partial charge >= 0.3 is 5.97 Å². The first-order valence-corrected chi connectivity index (χ1v) is 6.75. The van der Waals surface area contributed by atoms with Gasteiger partial charge < -0.3 is 9.47 Å². The largest absolute Gasteiger partial charge is 0.481 e. The number of pyridine rings is 1. The van der Waals surface area contributed by atoms with E-state index in [2.05, 4.69) is 9.98 Å². The van der Waals surface area contributed by atoms with Gasteiger partial charge in [-0.1, -0.05) is 0 Å². The van der Waals surface area contributed by atoms with Crippen molar-refractivity contribution < 1.29 is 18.7 Å². The highest BCUT2D eigenvalue weighted by molar-refractivity contribution is 7.12. The molecule has 21 heavy (non-hydrogen) atoms. The Bertz CT molecular complexity index is 750. The lowest BCUT2D eigenvalue weighted by Gasteiger charge is -1.97. The maximum atomic E-state index is 13.0. The van der Waals surface area contributed by atoms with E-state index in [-0.39, 0.29) is 16.7 Å². The predicted octanol–water partition coefficient (Wildman–Crippen LogP) is 2.64. The lowest BCUT2D eigenvalue weighted by Crippen LogP contribution is -2.03. The highest BCUT2D eigenvalue weighted by Gasteiger charge is 2.25. The van der Waals surface area contributed by atoms with E-state index in [0.29, 0.717) is 16.3 Å². The Balaban J connectivity index is 1.88. The van der Waals surface area contributed by atoms with Crippen LogP contribution in [0.3, 0.4) is 0 Å². The zero-order valence-electron chi connectivity index (χ0n) is 10.9. The molecule has 3 rings (SSSR count). The van der Waals surface area contributed by atoms with Crippen LogP contribution in [-0.2, 0) is 9.53 Å². The number of hydrogen-bond acceptors (Lipinski definition) is 6. The maximum absolute atomic E-state index is 13.0. The quantitative estimate of drug-likeness (QED) is 0.646. The van der Waals surface area contributed by atoms with Crippen molar-refractivity contribution >= 4 is 29.3 Å². The van der Waals surface area contributed by atoms with E-state index in [0.717, 1.165) is 11.3 Å². The number of aliphatic imine (C=N–C) groups is 1. The lowest BCUT2D eigenvalue weighted by molar-refractivity contribution is -0.129. The van der Waals surface area contributed by atoms with E-state index < -0.39 is 5.97 Å². The molecule has 106 valence electrons. The average molecular weight is 304 g/mol. The van der Waals surface area contributed by atoms with Gasteiger partial charge in [-0.05, 0) is 29.8 Å². The molecule has 0 saturated carbocycles. The van der Waals surface area contributed by atoms with Crippen LogP contribution >= 0.6 is 11.3 Å². The van der Waals surface area contributed by atoms with E-state index in [1.807, 2.05) is 0 Å². The number of nitrogens with zero attached hydrogens (tertiary/aromatic N) is 2. The molecular weight excluding hydrogens is 295 g/mol. The summed E-state index contributed by atoms with van der Waals surface area (Å²) in [5, 5.41) is -0.361. The van der Waals surface area contributed by atoms with E-state index >= 15 is 0 Å². The van der Waals surface area contributed by atoms with Crippen LogP contribution in [0.2, 0.25) is 0 Å². The molecular formula is C14H9FN2O3S. The molecule has 0 amide bonds. The summed E-state index contributed by atoms with van der Waals surface area (Å²) in [6, 6.07) is 6.23. The first kappa shape index (κ1) is 13.4. The zero-order valence-corrected chi connectivity index (χ0v) is 11.7. The Morgan fingerprint density at radius 3 is 2.81 bits per heavy atom. The summed E-state index contributed by atoms with van der Waals surface area (Å²) < 4.78 is 23.0. The third kappa shape index (κ3) is 2.82. The van der Waals surface area contributed by atoms with E-state index in [1.165, 1.54) is 19.2 Å². The summed E-state index contributed by atoms with van der Waals surface area (Å²) in [4.78, 5) is 20.3. The number of methoxy groups -OCH3 is 1. The van der Waals surface area contributed by atoms with Crippen LogP contribution in [-0.4, -0.2) is 24.0 Å².